The number of aromatic nitrogens is 1. The maximum atomic E-state index is 13.1. The first-order chi connectivity index (χ1) is 9.19. The van der Waals surface area contributed by atoms with Crippen LogP contribution in [0.2, 0.25) is 0 Å². The van der Waals surface area contributed by atoms with E-state index in [-0.39, 0.29) is 0 Å². The van der Waals surface area contributed by atoms with Gasteiger partial charge in [0.25, 0.3) is 0 Å². The Morgan fingerprint density at radius 2 is 1.89 bits per heavy atom. The van der Waals surface area contributed by atoms with Crippen LogP contribution in [0.25, 0.3) is 11.1 Å². The van der Waals surface area contributed by atoms with Gasteiger partial charge in [-0.05, 0) is 42.5 Å². The highest BCUT2D eigenvalue weighted by Crippen LogP contribution is 2.20. The molecule has 1 aromatic carbocycles. The molecule has 0 bridgehead atoms. The Labute approximate surface area is 113 Å². The molecule has 0 fully saturated rings. The van der Waals surface area contributed by atoms with E-state index >= 15 is 0 Å². The zero-order valence-corrected chi connectivity index (χ0v) is 11.4. The normalized spacial score (nSPS) is 11.6. The summed E-state index contributed by atoms with van der Waals surface area (Å²) in [5.41, 5.74) is 4.53. The predicted molar refractivity (Wildman–Crippen MR) is 77.4 cm³/mol. The van der Waals surface area contributed by atoms with Crippen molar-refractivity contribution in [3.63, 3.8) is 0 Å². The third-order valence-electron chi connectivity index (χ3n) is 3.05. The second-order valence-electron chi connectivity index (χ2n) is 4.70. The fraction of sp³-hybridized carbons (Fsp3) is 0.235. The molecule has 19 heavy (non-hydrogen) atoms. The molecule has 0 radical (unpaired) electrons. The van der Waals surface area contributed by atoms with Gasteiger partial charge < -0.3 is 0 Å². The molecule has 1 nitrogen and oxygen atoms in total. The first-order valence-electron chi connectivity index (χ1n) is 6.55. The van der Waals surface area contributed by atoms with Crippen molar-refractivity contribution in [2.45, 2.75) is 26.7 Å². The van der Waals surface area contributed by atoms with Crippen LogP contribution in [0, 0.1) is 5.95 Å². The SMILES string of the molecule is CC/C=C(\C)Cc1ccc(-c2ccnc(F)c2)cc1. The summed E-state index contributed by atoms with van der Waals surface area (Å²) in [6.07, 6.45) is 5.78. The molecule has 0 spiro atoms. The summed E-state index contributed by atoms with van der Waals surface area (Å²) in [5, 5.41) is 0. The van der Waals surface area contributed by atoms with Gasteiger partial charge in [0.1, 0.15) is 0 Å². The molecule has 1 heterocycles. The molecule has 2 heteroatoms. The van der Waals surface area contributed by atoms with Crippen molar-refractivity contribution in [1.82, 2.24) is 4.98 Å². The Balaban J connectivity index is 2.17. The van der Waals surface area contributed by atoms with Gasteiger partial charge in [0, 0.05) is 12.3 Å². The largest absolute Gasteiger partial charge is 0.228 e. The first kappa shape index (κ1) is 13.5. The van der Waals surface area contributed by atoms with Gasteiger partial charge in [-0.1, -0.05) is 42.8 Å². The third-order valence-corrected chi connectivity index (χ3v) is 3.05. The quantitative estimate of drug-likeness (QED) is 0.565. The standard InChI is InChI=1S/C17H18FN/c1-3-4-13(2)11-14-5-7-15(8-6-14)16-9-10-19-17(18)12-16/h4-10,12H,3,11H2,1-2H3/b13-4+. The molecule has 0 saturated heterocycles. The lowest BCUT2D eigenvalue weighted by Gasteiger charge is -2.05. The minimum absolute atomic E-state index is 0.441. The summed E-state index contributed by atoms with van der Waals surface area (Å²) in [4.78, 5) is 3.57. The number of allylic oxidation sites excluding steroid dienone is 2. The smallest absolute Gasteiger partial charge is 0.213 e. The van der Waals surface area contributed by atoms with Crippen molar-refractivity contribution in [3.8, 4) is 11.1 Å². The first-order valence-corrected chi connectivity index (χ1v) is 6.55. The summed E-state index contributed by atoms with van der Waals surface area (Å²) >= 11 is 0. The molecular weight excluding hydrogens is 237 g/mol. The van der Waals surface area contributed by atoms with Gasteiger partial charge in [-0.2, -0.15) is 4.39 Å². The molecule has 0 saturated carbocycles. The second-order valence-corrected chi connectivity index (χ2v) is 4.70. The van der Waals surface area contributed by atoms with E-state index in [9.17, 15) is 4.39 Å². The van der Waals surface area contributed by atoms with Crippen molar-refractivity contribution >= 4 is 0 Å². The molecule has 0 atom stereocenters. The maximum absolute atomic E-state index is 13.1. The summed E-state index contributed by atoms with van der Waals surface area (Å²) in [5.74, 6) is -0.441. The van der Waals surface area contributed by atoms with Crippen LogP contribution in [-0.4, -0.2) is 4.98 Å². The van der Waals surface area contributed by atoms with Crippen molar-refractivity contribution < 1.29 is 4.39 Å². The van der Waals surface area contributed by atoms with Crippen molar-refractivity contribution in [3.05, 3.63) is 65.8 Å². The average Bonchev–Trinajstić information content (AvgIpc) is 2.40. The van der Waals surface area contributed by atoms with Crippen LogP contribution in [0.3, 0.4) is 0 Å². The fourth-order valence-corrected chi connectivity index (χ4v) is 2.14. The van der Waals surface area contributed by atoms with E-state index in [1.165, 1.54) is 23.4 Å². The Bertz CT molecular complexity index is 570. The van der Waals surface area contributed by atoms with E-state index in [0.717, 1.165) is 24.0 Å². The Morgan fingerprint density at radius 3 is 2.53 bits per heavy atom. The van der Waals surface area contributed by atoms with Crippen LogP contribution >= 0.6 is 0 Å². The molecule has 98 valence electrons. The minimum atomic E-state index is -0.441. The van der Waals surface area contributed by atoms with Crippen LogP contribution in [0.4, 0.5) is 4.39 Å². The highest BCUT2D eigenvalue weighted by molar-refractivity contribution is 5.63. The van der Waals surface area contributed by atoms with Gasteiger partial charge in [-0.15, -0.1) is 0 Å². The van der Waals surface area contributed by atoms with Crippen LogP contribution < -0.4 is 0 Å². The summed E-state index contributed by atoms with van der Waals surface area (Å²) in [6.45, 7) is 4.29. The van der Waals surface area contributed by atoms with Crippen molar-refractivity contribution in [2.75, 3.05) is 0 Å². The minimum Gasteiger partial charge on any atom is -0.228 e. The molecule has 0 N–H and O–H groups in total. The monoisotopic (exact) mass is 255 g/mol. The predicted octanol–water partition coefficient (Wildman–Crippen LogP) is 4.79. The highest BCUT2D eigenvalue weighted by atomic mass is 19.1. The molecular formula is C17H18FN. The number of nitrogens with zero attached hydrogens (tertiary/aromatic N) is 1. The van der Waals surface area contributed by atoms with Gasteiger partial charge in [0.2, 0.25) is 5.95 Å². The molecule has 0 aliphatic rings. The molecule has 2 aromatic rings. The maximum Gasteiger partial charge on any atom is 0.213 e. The third kappa shape index (κ3) is 3.75. The Hall–Kier alpha value is -1.96. The van der Waals surface area contributed by atoms with Gasteiger partial charge in [-0.25, -0.2) is 4.98 Å². The zero-order valence-electron chi connectivity index (χ0n) is 11.4. The topological polar surface area (TPSA) is 12.9 Å². The van der Waals surface area contributed by atoms with Gasteiger partial charge in [-0.3, -0.25) is 0 Å². The van der Waals surface area contributed by atoms with E-state index in [0.29, 0.717) is 0 Å². The van der Waals surface area contributed by atoms with Gasteiger partial charge in [0.15, 0.2) is 0 Å². The number of rotatable bonds is 4. The summed E-state index contributed by atoms with van der Waals surface area (Å²) < 4.78 is 13.1. The molecule has 0 aliphatic heterocycles. The lowest BCUT2D eigenvalue weighted by Crippen LogP contribution is -1.88. The molecule has 2 rings (SSSR count). The second kappa shape index (κ2) is 6.28. The van der Waals surface area contributed by atoms with Gasteiger partial charge >= 0.3 is 0 Å². The highest BCUT2D eigenvalue weighted by Gasteiger charge is 2.01. The molecule has 0 aliphatic carbocycles. The van der Waals surface area contributed by atoms with E-state index < -0.39 is 5.95 Å². The Morgan fingerprint density at radius 1 is 1.16 bits per heavy atom. The van der Waals surface area contributed by atoms with Gasteiger partial charge in [0.05, 0.1) is 0 Å². The number of hydrogen-bond acceptors (Lipinski definition) is 1. The average molecular weight is 255 g/mol. The molecule has 0 unspecified atom stereocenters. The lowest BCUT2D eigenvalue weighted by molar-refractivity contribution is 0.584. The van der Waals surface area contributed by atoms with E-state index in [4.69, 9.17) is 0 Å². The van der Waals surface area contributed by atoms with Crippen LogP contribution in [0.15, 0.2) is 54.2 Å². The molecule has 0 amide bonds. The van der Waals surface area contributed by atoms with Crippen molar-refractivity contribution in [1.29, 1.82) is 0 Å². The van der Waals surface area contributed by atoms with E-state index in [1.807, 2.05) is 18.2 Å². The summed E-state index contributed by atoms with van der Waals surface area (Å²) in [7, 11) is 0. The van der Waals surface area contributed by atoms with E-state index in [1.54, 1.807) is 0 Å². The van der Waals surface area contributed by atoms with Crippen LogP contribution in [0.5, 0.6) is 0 Å². The van der Waals surface area contributed by atoms with Crippen LogP contribution in [-0.2, 0) is 6.42 Å². The van der Waals surface area contributed by atoms with Crippen molar-refractivity contribution in [2.24, 2.45) is 0 Å². The lowest BCUT2D eigenvalue weighted by atomic mass is 10.0. The summed E-state index contributed by atoms with van der Waals surface area (Å²) in [6, 6.07) is 11.5. The zero-order chi connectivity index (χ0) is 13.7. The fourth-order valence-electron chi connectivity index (χ4n) is 2.14. The Kier molecular flexibility index (Phi) is 4.45. The molecule has 1 aromatic heterocycles. The van der Waals surface area contributed by atoms with E-state index in [2.05, 4.69) is 37.0 Å². The number of halogens is 1. The number of benzene rings is 1. The number of pyridine rings is 1. The van der Waals surface area contributed by atoms with Crippen LogP contribution in [0.1, 0.15) is 25.8 Å². The number of hydrogen-bond donors (Lipinski definition) is 0.